The molecule has 5 nitrogen and oxygen atoms in total. The number of carboxylic acids is 1. The Labute approximate surface area is 125 Å². The van der Waals surface area contributed by atoms with Crippen LogP contribution in [0.4, 0.5) is 0 Å². The molecule has 1 atom stereocenters. The Kier molecular flexibility index (Phi) is 6.16. The molecule has 110 valence electrons. The van der Waals surface area contributed by atoms with Crippen molar-refractivity contribution in [1.29, 1.82) is 0 Å². The van der Waals surface area contributed by atoms with E-state index in [4.69, 9.17) is 16.7 Å². The number of hydrogen-bond donors (Lipinski definition) is 1. The van der Waals surface area contributed by atoms with Gasteiger partial charge in [-0.2, -0.15) is 0 Å². The molecule has 0 aliphatic carbocycles. The van der Waals surface area contributed by atoms with Gasteiger partial charge in [-0.05, 0) is 32.0 Å². The van der Waals surface area contributed by atoms with Gasteiger partial charge in [0.2, 0.25) is 5.91 Å². The zero-order valence-electron chi connectivity index (χ0n) is 11.3. The summed E-state index contributed by atoms with van der Waals surface area (Å²) in [4.78, 5) is 24.7. The van der Waals surface area contributed by atoms with Gasteiger partial charge in [-0.15, -0.1) is 0 Å². The SMILES string of the molecule is CCN(CC)C(=O)CS(=O)c1ccc(Cl)c(C(=O)O)c1. The molecule has 1 amide bonds. The fraction of sp³-hybridized carbons (Fsp3) is 0.385. The lowest BCUT2D eigenvalue weighted by Crippen LogP contribution is -2.34. The Morgan fingerprint density at radius 3 is 2.40 bits per heavy atom. The standard InChI is InChI=1S/C13H16ClNO4S/c1-3-15(4-2)12(16)8-20(19)9-5-6-11(14)10(7-9)13(17)18/h5-7H,3-4,8H2,1-2H3,(H,17,18). The van der Waals surface area contributed by atoms with Crippen LogP contribution >= 0.6 is 11.6 Å². The maximum atomic E-state index is 12.1. The highest BCUT2D eigenvalue weighted by Crippen LogP contribution is 2.20. The van der Waals surface area contributed by atoms with Crippen LogP contribution in [0, 0.1) is 0 Å². The number of amides is 1. The topological polar surface area (TPSA) is 74.7 Å². The molecule has 1 rings (SSSR count). The Morgan fingerprint density at radius 2 is 1.90 bits per heavy atom. The zero-order chi connectivity index (χ0) is 15.3. The Bertz CT molecular complexity index is 543. The van der Waals surface area contributed by atoms with E-state index in [1.807, 2.05) is 13.8 Å². The number of carbonyl (C=O) groups is 2. The lowest BCUT2D eigenvalue weighted by Gasteiger charge is -2.18. The van der Waals surface area contributed by atoms with Crippen LogP contribution in [0.2, 0.25) is 5.02 Å². The highest BCUT2D eigenvalue weighted by molar-refractivity contribution is 7.85. The number of rotatable bonds is 6. The first-order valence-electron chi connectivity index (χ1n) is 6.09. The summed E-state index contributed by atoms with van der Waals surface area (Å²) in [7, 11) is -1.59. The average molecular weight is 318 g/mol. The largest absolute Gasteiger partial charge is 0.478 e. The van der Waals surface area contributed by atoms with Gasteiger partial charge < -0.3 is 10.0 Å². The molecular weight excluding hydrogens is 302 g/mol. The molecule has 20 heavy (non-hydrogen) atoms. The maximum absolute atomic E-state index is 12.1. The molecule has 0 bridgehead atoms. The molecular formula is C13H16ClNO4S. The minimum absolute atomic E-state index is 0.0771. The third kappa shape index (κ3) is 4.05. The van der Waals surface area contributed by atoms with E-state index in [9.17, 15) is 13.8 Å². The quantitative estimate of drug-likeness (QED) is 0.871. The summed E-state index contributed by atoms with van der Waals surface area (Å²) in [5.74, 6) is -1.58. The molecule has 0 aromatic heterocycles. The molecule has 0 fully saturated rings. The van der Waals surface area contributed by atoms with Crippen molar-refractivity contribution >= 4 is 34.3 Å². The molecule has 0 spiro atoms. The van der Waals surface area contributed by atoms with E-state index < -0.39 is 16.8 Å². The van der Waals surface area contributed by atoms with Gasteiger partial charge in [0.25, 0.3) is 0 Å². The van der Waals surface area contributed by atoms with Gasteiger partial charge >= 0.3 is 5.97 Å². The van der Waals surface area contributed by atoms with Gasteiger partial charge in [-0.3, -0.25) is 9.00 Å². The van der Waals surface area contributed by atoms with Gasteiger partial charge in [0, 0.05) is 18.0 Å². The van der Waals surface area contributed by atoms with Gasteiger partial charge in [-0.25, -0.2) is 4.79 Å². The molecule has 0 radical (unpaired) electrons. The van der Waals surface area contributed by atoms with Crippen LogP contribution < -0.4 is 0 Å². The van der Waals surface area contributed by atoms with E-state index in [-0.39, 0.29) is 27.1 Å². The number of hydrogen-bond acceptors (Lipinski definition) is 3. The maximum Gasteiger partial charge on any atom is 0.337 e. The molecule has 0 aliphatic rings. The van der Waals surface area contributed by atoms with E-state index in [1.54, 1.807) is 4.90 Å². The Morgan fingerprint density at radius 1 is 1.30 bits per heavy atom. The van der Waals surface area contributed by atoms with Crippen LogP contribution in [0.1, 0.15) is 24.2 Å². The first-order chi connectivity index (χ1) is 9.40. The van der Waals surface area contributed by atoms with Crippen LogP contribution in [-0.4, -0.2) is 44.9 Å². The van der Waals surface area contributed by atoms with Crippen LogP contribution in [0.15, 0.2) is 23.1 Å². The van der Waals surface area contributed by atoms with Crippen LogP contribution in [0.5, 0.6) is 0 Å². The molecule has 0 heterocycles. The third-order valence-electron chi connectivity index (χ3n) is 2.80. The van der Waals surface area contributed by atoms with Crippen molar-refractivity contribution in [2.75, 3.05) is 18.8 Å². The number of aromatic carboxylic acids is 1. The van der Waals surface area contributed by atoms with Crippen LogP contribution in [0.3, 0.4) is 0 Å². The normalized spacial score (nSPS) is 11.9. The van der Waals surface area contributed by atoms with E-state index in [0.29, 0.717) is 13.1 Å². The molecule has 0 saturated carbocycles. The van der Waals surface area contributed by atoms with Gasteiger partial charge in [0.1, 0.15) is 5.75 Å². The second-order valence-corrected chi connectivity index (χ2v) is 5.86. The lowest BCUT2D eigenvalue weighted by molar-refractivity contribution is -0.128. The lowest BCUT2D eigenvalue weighted by atomic mass is 10.2. The third-order valence-corrected chi connectivity index (χ3v) is 4.42. The minimum atomic E-state index is -1.59. The van der Waals surface area contributed by atoms with Crippen molar-refractivity contribution in [3.05, 3.63) is 28.8 Å². The highest BCUT2D eigenvalue weighted by atomic mass is 35.5. The Hall–Kier alpha value is -1.40. The summed E-state index contributed by atoms with van der Waals surface area (Å²) < 4.78 is 12.1. The van der Waals surface area contributed by atoms with Crippen molar-refractivity contribution in [2.24, 2.45) is 0 Å². The minimum Gasteiger partial charge on any atom is -0.478 e. The summed E-state index contributed by atoms with van der Waals surface area (Å²) in [6.07, 6.45) is 0. The first kappa shape index (κ1) is 16.7. The van der Waals surface area contributed by atoms with Crippen LogP contribution in [0.25, 0.3) is 0 Å². The number of carbonyl (C=O) groups excluding carboxylic acids is 1. The number of benzene rings is 1. The molecule has 7 heteroatoms. The zero-order valence-corrected chi connectivity index (χ0v) is 12.8. The summed E-state index contributed by atoms with van der Waals surface area (Å²) in [5.41, 5.74) is -0.118. The molecule has 1 aromatic carbocycles. The monoisotopic (exact) mass is 317 g/mol. The van der Waals surface area contributed by atoms with Crippen molar-refractivity contribution in [1.82, 2.24) is 4.90 Å². The van der Waals surface area contributed by atoms with Gasteiger partial charge in [0.15, 0.2) is 0 Å². The second kappa shape index (κ2) is 7.40. The fourth-order valence-electron chi connectivity index (χ4n) is 1.67. The van der Waals surface area contributed by atoms with Crippen molar-refractivity contribution in [3.63, 3.8) is 0 Å². The Balaban J connectivity index is 2.91. The number of carboxylic acid groups (broad SMARTS) is 1. The highest BCUT2D eigenvalue weighted by Gasteiger charge is 2.17. The van der Waals surface area contributed by atoms with E-state index >= 15 is 0 Å². The molecule has 1 unspecified atom stereocenters. The predicted octanol–water partition coefficient (Wildman–Crippen LogP) is 2.01. The number of halogens is 1. The molecule has 0 aliphatic heterocycles. The van der Waals surface area contributed by atoms with Gasteiger partial charge in [0.05, 0.1) is 21.4 Å². The summed E-state index contributed by atoms with van der Waals surface area (Å²) >= 11 is 5.74. The molecule has 0 saturated heterocycles. The summed E-state index contributed by atoms with van der Waals surface area (Å²) in [6.45, 7) is 4.78. The van der Waals surface area contributed by atoms with E-state index in [2.05, 4.69) is 0 Å². The van der Waals surface area contributed by atoms with Crippen LogP contribution in [-0.2, 0) is 15.6 Å². The molecule has 1 aromatic rings. The van der Waals surface area contributed by atoms with E-state index in [0.717, 1.165) is 0 Å². The van der Waals surface area contributed by atoms with Gasteiger partial charge in [-0.1, -0.05) is 11.6 Å². The van der Waals surface area contributed by atoms with E-state index in [1.165, 1.54) is 18.2 Å². The summed E-state index contributed by atoms with van der Waals surface area (Å²) in [5, 5.41) is 9.04. The van der Waals surface area contributed by atoms with Crippen molar-refractivity contribution < 1.29 is 18.9 Å². The summed E-state index contributed by atoms with van der Waals surface area (Å²) in [6, 6.07) is 4.09. The smallest absolute Gasteiger partial charge is 0.337 e. The molecule has 1 N–H and O–H groups in total. The van der Waals surface area contributed by atoms with Crippen molar-refractivity contribution in [2.45, 2.75) is 18.7 Å². The average Bonchev–Trinajstić information content (AvgIpc) is 2.40. The first-order valence-corrected chi connectivity index (χ1v) is 7.79. The fourth-order valence-corrected chi connectivity index (χ4v) is 2.91. The van der Waals surface area contributed by atoms with Crippen molar-refractivity contribution in [3.8, 4) is 0 Å². The number of nitrogens with zero attached hydrogens (tertiary/aromatic N) is 1. The second-order valence-electron chi connectivity index (χ2n) is 4.00. The predicted molar refractivity (Wildman–Crippen MR) is 77.6 cm³/mol.